The van der Waals surface area contributed by atoms with Crippen molar-refractivity contribution in [2.75, 3.05) is 7.11 Å². The maximum Gasteiger partial charge on any atom is 0.494 e. The predicted molar refractivity (Wildman–Crippen MR) is 96.5 cm³/mol. The molecule has 0 saturated carbocycles. The molecule has 0 bridgehead atoms. The highest BCUT2D eigenvalue weighted by atomic mass is 28.3. The lowest BCUT2D eigenvalue weighted by Crippen LogP contribution is -2.54. The molecule has 1 aliphatic rings. The van der Waals surface area contributed by atoms with Gasteiger partial charge in [-0.25, -0.2) is 4.79 Å². The maximum absolute atomic E-state index is 11.9. The van der Waals surface area contributed by atoms with Crippen molar-refractivity contribution in [3.05, 3.63) is 23.8 Å². The van der Waals surface area contributed by atoms with E-state index in [1.54, 1.807) is 0 Å². The Hall–Kier alpha value is -1.11. The van der Waals surface area contributed by atoms with Crippen LogP contribution in [0.1, 0.15) is 38.1 Å². The molecule has 0 atom stereocenters. The molecule has 0 spiro atoms. The van der Waals surface area contributed by atoms with E-state index in [1.807, 2.05) is 45.9 Å². The number of benzene rings is 1. The van der Waals surface area contributed by atoms with E-state index in [0.29, 0.717) is 5.56 Å². The summed E-state index contributed by atoms with van der Waals surface area (Å²) in [5.41, 5.74) is 0.663. The molecule has 1 fully saturated rings. The summed E-state index contributed by atoms with van der Waals surface area (Å²) in [5, 5.41) is 1.24. The van der Waals surface area contributed by atoms with Crippen LogP contribution < -0.4 is 10.6 Å². The van der Waals surface area contributed by atoms with Crippen molar-refractivity contribution in [2.24, 2.45) is 0 Å². The lowest BCUT2D eigenvalue weighted by molar-refractivity contribution is 0.00578. The zero-order valence-corrected chi connectivity index (χ0v) is 16.4. The summed E-state index contributed by atoms with van der Waals surface area (Å²) in [6.45, 7) is 15.0. The first-order chi connectivity index (χ1) is 10.4. The van der Waals surface area contributed by atoms with Crippen LogP contribution in [0.5, 0.6) is 0 Å². The molecule has 1 aromatic carbocycles. The highest BCUT2D eigenvalue weighted by molar-refractivity contribution is 6.92. The van der Waals surface area contributed by atoms with Crippen LogP contribution in [-0.4, -0.2) is 39.5 Å². The van der Waals surface area contributed by atoms with Crippen molar-refractivity contribution in [3.63, 3.8) is 0 Å². The quantitative estimate of drug-likeness (QED) is 0.629. The van der Waals surface area contributed by atoms with Crippen LogP contribution in [0.3, 0.4) is 0 Å². The molecule has 1 heterocycles. The molecule has 6 heteroatoms. The fourth-order valence-corrected chi connectivity index (χ4v) is 4.29. The molecule has 0 amide bonds. The maximum atomic E-state index is 11.9. The van der Waals surface area contributed by atoms with Crippen molar-refractivity contribution in [1.82, 2.24) is 0 Å². The van der Waals surface area contributed by atoms with E-state index in [2.05, 4.69) is 19.6 Å². The molecule has 0 aliphatic carbocycles. The Bertz CT molecular complexity index is 604. The van der Waals surface area contributed by atoms with Crippen LogP contribution in [0.2, 0.25) is 19.6 Å². The smallest absolute Gasteiger partial charge is 0.465 e. The van der Waals surface area contributed by atoms with E-state index in [1.165, 1.54) is 12.3 Å². The van der Waals surface area contributed by atoms with Gasteiger partial charge in [-0.1, -0.05) is 30.9 Å². The van der Waals surface area contributed by atoms with Gasteiger partial charge < -0.3 is 14.0 Å². The van der Waals surface area contributed by atoms with E-state index in [4.69, 9.17) is 14.0 Å². The lowest BCUT2D eigenvalue weighted by Gasteiger charge is -2.32. The summed E-state index contributed by atoms with van der Waals surface area (Å²) in [4.78, 5) is 11.9. The first-order valence-electron chi connectivity index (χ1n) is 7.97. The minimum atomic E-state index is -1.62. The van der Waals surface area contributed by atoms with E-state index < -0.39 is 26.4 Å². The summed E-state index contributed by atoms with van der Waals surface area (Å²) in [7, 11) is -0.692. The number of esters is 1. The average Bonchev–Trinajstić information content (AvgIpc) is 2.65. The number of carbonyl (C=O) groups is 1. The van der Waals surface area contributed by atoms with E-state index in [9.17, 15) is 4.79 Å². The molecule has 0 aromatic heterocycles. The predicted octanol–water partition coefficient (Wildman–Crippen LogP) is 2.32. The van der Waals surface area contributed by atoms with Crippen molar-refractivity contribution < 1.29 is 18.8 Å². The first kappa shape index (κ1) is 18.2. The summed E-state index contributed by atoms with van der Waals surface area (Å²) in [6.07, 6.45) is 0. The summed E-state index contributed by atoms with van der Waals surface area (Å²) in [5.74, 6) is -0.343. The largest absolute Gasteiger partial charge is 0.494 e. The van der Waals surface area contributed by atoms with Gasteiger partial charge in [0.2, 0.25) is 0 Å². The van der Waals surface area contributed by atoms with Crippen molar-refractivity contribution in [1.29, 1.82) is 0 Å². The van der Waals surface area contributed by atoms with Crippen LogP contribution >= 0.6 is 0 Å². The van der Waals surface area contributed by atoms with Crippen LogP contribution in [0.25, 0.3) is 0 Å². The van der Waals surface area contributed by atoms with Gasteiger partial charge in [0.05, 0.1) is 31.9 Å². The standard InChI is InChI=1S/C17H27BO4Si/c1-16(2)17(3,4)22-18(21-16)13-11-12(15(19)20-5)9-10-14(13)23(6,7)8/h9-11H,1-8H3. The molecular weight excluding hydrogens is 307 g/mol. The Morgan fingerprint density at radius 2 is 1.61 bits per heavy atom. The van der Waals surface area contributed by atoms with Crippen molar-refractivity contribution in [3.8, 4) is 0 Å². The highest BCUT2D eigenvalue weighted by Crippen LogP contribution is 2.36. The Balaban J connectivity index is 2.53. The fraction of sp³-hybridized carbons (Fsp3) is 0.588. The second kappa shape index (κ2) is 5.76. The first-order valence-corrected chi connectivity index (χ1v) is 11.5. The summed E-state index contributed by atoms with van der Waals surface area (Å²) < 4.78 is 17.3. The summed E-state index contributed by atoms with van der Waals surface area (Å²) in [6, 6.07) is 5.72. The molecule has 0 radical (unpaired) electrons. The Kier molecular flexibility index (Phi) is 4.56. The Morgan fingerprint density at radius 1 is 1.09 bits per heavy atom. The number of methoxy groups -OCH3 is 1. The van der Waals surface area contributed by atoms with Crippen LogP contribution in [0.4, 0.5) is 0 Å². The molecule has 1 aliphatic heterocycles. The Morgan fingerprint density at radius 3 is 2.04 bits per heavy atom. The zero-order valence-electron chi connectivity index (χ0n) is 15.4. The topological polar surface area (TPSA) is 44.8 Å². The second-order valence-corrected chi connectivity index (χ2v) is 13.2. The number of ether oxygens (including phenoxy) is 1. The van der Waals surface area contributed by atoms with Gasteiger partial charge in [-0.3, -0.25) is 0 Å². The minimum absolute atomic E-state index is 0.343. The number of hydrogen-bond donors (Lipinski definition) is 0. The average molecular weight is 334 g/mol. The molecular formula is C17H27BO4Si. The van der Waals surface area contributed by atoms with Gasteiger partial charge in [-0.15, -0.1) is 0 Å². The summed E-state index contributed by atoms with van der Waals surface area (Å²) >= 11 is 0. The molecule has 1 aromatic rings. The minimum Gasteiger partial charge on any atom is -0.465 e. The zero-order chi connectivity index (χ0) is 17.6. The third-order valence-electron chi connectivity index (χ3n) is 4.79. The third kappa shape index (κ3) is 3.39. The molecule has 2 rings (SSSR count). The molecule has 0 unspecified atom stereocenters. The molecule has 4 nitrogen and oxygen atoms in total. The Labute approximate surface area is 140 Å². The lowest BCUT2D eigenvalue weighted by atomic mass is 9.78. The molecule has 0 N–H and O–H groups in total. The molecule has 23 heavy (non-hydrogen) atoms. The monoisotopic (exact) mass is 334 g/mol. The normalized spacial score (nSPS) is 19.7. The van der Waals surface area contributed by atoms with E-state index >= 15 is 0 Å². The fourth-order valence-electron chi connectivity index (χ4n) is 2.66. The van der Waals surface area contributed by atoms with Gasteiger partial charge in [0.1, 0.15) is 0 Å². The SMILES string of the molecule is COC(=O)c1ccc([Si](C)(C)C)c(B2OC(C)(C)C(C)(C)O2)c1. The second-order valence-electron chi connectivity index (χ2n) is 8.13. The van der Waals surface area contributed by atoms with Gasteiger partial charge in [0.15, 0.2) is 0 Å². The van der Waals surface area contributed by atoms with Crippen LogP contribution in [-0.2, 0) is 14.0 Å². The van der Waals surface area contributed by atoms with Crippen LogP contribution in [0, 0.1) is 0 Å². The third-order valence-corrected chi connectivity index (χ3v) is 6.86. The number of carbonyl (C=O) groups excluding carboxylic acids is 1. The highest BCUT2D eigenvalue weighted by Gasteiger charge is 2.52. The van der Waals surface area contributed by atoms with Crippen LogP contribution in [0.15, 0.2) is 18.2 Å². The molecule has 1 saturated heterocycles. The van der Waals surface area contributed by atoms with Gasteiger partial charge in [-0.05, 0) is 45.3 Å². The van der Waals surface area contributed by atoms with Gasteiger partial charge in [0.25, 0.3) is 0 Å². The van der Waals surface area contributed by atoms with E-state index in [-0.39, 0.29) is 5.97 Å². The van der Waals surface area contributed by atoms with Crippen molar-refractivity contribution in [2.45, 2.75) is 58.5 Å². The van der Waals surface area contributed by atoms with Gasteiger partial charge in [0, 0.05) is 0 Å². The number of rotatable bonds is 3. The van der Waals surface area contributed by atoms with Crippen molar-refractivity contribution >= 4 is 31.8 Å². The van der Waals surface area contributed by atoms with E-state index in [0.717, 1.165) is 5.46 Å². The van der Waals surface area contributed by atoms with Gasteiger partial charge in [-0.2, -0.15) is 0 Å². The van der Waals surface area contributed by atoms with Gasteiger partial charge >= 0.3 is 13.1 Å². The molecule has 126 valence electrons. The number of hydrogen-bond acceptors (Lipinski definition) is 4.